The van der Waals surface area contributed by atoms with E-state index >= 15 is 0 Å². The van der Waals surface area contributed by atoms with Gasteiger partial charge in [0.05, 0.1) is 5.02 Å². The molecule has 1 heterocycles. The summed E-state index contributed by atoms with van der Waals surface area (Å²) in [5.74, 6) is 0. The molecule has 2 rings (SSSR count). The van der Waals surface area contributed by atoms with Crippen molar-refractivity contribution in [3.05, 3.63) is 52.8 Å². The van der Waals surface area contributed by atoms with Crippen LogP contribution in [0.4, 0.5) is 5.69 Å². The van der Waals surface area contributed by atoms with Crippen molar-refractivity contribution in [3.8, 4) is 0 Å². The van der Waals surface area contributed by atoms with Gasteiger partial charge in [-0.05, 0) is 42.3 Å². The highest BCUT2D eigenvalue weighted by Gasteiger charge is 2.18. The van der Waals surface area contributed by atoms with Gasteiger partial charge in [0.25, 0.3) is 0 Å². The molecule has 0 aliphatic rings. The first-order chi connectivity index (χ1) is 9.40. The van der Waals surface area contributed by atoms with E-state index in [0.29, 0.717) is 5.69 Å². The molecule has 2 aromatic rings. The van der Waals surface area contributed by atoms with Crippen LogP contribution >= 0.6 is 11.6 Å². The van der Waals surface area contributed by atoms with Crippen molar-refractivity contribution >= 4 is 27.3 Å². The number of sulfonamides is 1. The van der Waals surface area contributed by atoms with Crippen LogP contribution < -0.4 is 10.5 Å². The number of aromatic nitrogens is 1. The number of anilines is 1. The van der Waals surface area contributed by atoms with E-state index in [2.05, 4.69) is 9.71 Å². The quantitative estimate of drug-likeness (QED) is 0.847. The van der Waals surface area contributed by atoms with Gasteiger partial charge in [-0.1, -0.05) is 11.6 Å². The number of nitrogens with two attached hydrogens (primary N) is 1. The fourth-order valence-electron chi connectivity index (χ4n) is 1.68. The molecule has 3 N–H and O–H groups in total. The van der Waals surface area contributed by atoms with Gasteiger partial charge in [-0.2, -0.15) is 0 Å². The summed E-state index contributed by atoms with van der Waals surface area (Å²) in [6.45, 7) is 2.03. The predicted octanol–water partition coefficient (Wildman–Crippen LogP) is 2.10. The van der Waals surface area contributed by atoms with Gasteiger partial charge in [0.2, 0.25) is 10.0 Å². The minimum Gasteiger partial charge on any atom is -0.399 e. The summed E-state index contributed by atoms with van der Waals surface area (Å²) in [6.07, 6.45) is 3.29. The number of nitrogens with zero attached hydrogens (tertiary/aromatic N) is 1. The van der Waals surface area contributed by atoms with Crippen LogP contribution in [0.25, 0.3) is 0 Å². The standard InChI is InChI=1S/C13H14ClN3O2S/c1-9-7-16-5-4-10(9)8-17-20(18,19)13-6-11(15)2-3-12(13)14/h2-7,17H,8,15H2,1H3. The highest BCUT2D eigenvalue weighted by molar-refractivity contribution is 7.89. The van der Waals surface area contributed by atoms with E-state index in [9.17, 15) is 8.42 Å². The summed E-state index contributed by atoms with van der Waals surface area (Å²) in [6, 6.07) is 6.11. The fourth-order valence-corrected chi connectivity index (χ4v) is 3.22. The van der Waals surface area contributed by atoms with E-state index in [1.54, 1.807) is 24.5 Å². The Morgan fingerprint density at radius 2 is 2.10 bits per heavy atom. The first-order valence-corrected chi connectivity index (χ1v) is 7.70. The lowest BCUT2D eigenvalue weighted by Crippen LogP contribution is -2.24. The minimum atomic E-state index is -3.71. The maximum absolute atomic E-state index is 12.2. The Morgan fingerprint density at radius 3 is 2.80 bits per heavy atom. The summed E-state index contributed by atoms with van der Waals surface area (Å²) in [5.41, 5.74) is 7.70. The summed E-state index contributed by atoms with van der Waals surface area (Å²) < 4.78 is 27.0. The van der Waals surface area contributed by atoms with Crippen molar-refractivity contribution in [2.45, 2.75) is 18.4 Å². The molecule has 0 saturated heterocycles. The Labute approximate surface area is 122 Å². The maximum atomic E-state index is 12.2. The molecule has 7 heteroatoms. The zero-order valence-electron chi connectivity index (χ0n) is 10.8. The van der Waals surface area contributed by atoms with Gasteiger partial charge in [-0.15, -0.1) is 0 Å². The minimum absolute atomic E-state index is 0.0223. The van der Waals surface area contributed by atoms with Crippen molar-refractivity contribution in [1.82, 2.24) is 9.71 Å². The Morgan fingerprint density at radius 1 is 1.35 bits per heavy atom. The molecule has 0 saturated carbocycles. The number of pyridine rings is 1. The normalized spacial score (nSPS) is 11.5. The van der Waals surface area contributed by atoms with E-state index in [0.717, 1.165) is 11.1 Å². The van der Waals surface area contributed by atoms with Crippen LogP contribution in [0.5, 0.6) is 0 Å². The zero-order valence-corrected chi connectivity index (χ0v) is 12.4. The Kier molecular flexibility index (Phi) is 4.27. The molecule has 0 amide bonds. The van der Waals surface area contributed by atoms with Gasteiger partial charge in [-0.3, -0.25) is 4.98 Å². The third-order valence-corrected chi connectivity index (χ3v) is 4.72. The molecular weight excluding hydrogens is 298 g/mol. The number of aryl methyl sites for hydroxylation is 1. The smallest absolute Gasteiger partial charge is 0.242 e. The zero-order chi connectivity index (χ0) is 14.8. The molecule has 1 aromatic carbocycles. The van der Waals surface area contributed by atoms with Crippen molar-refractivity contribution < 1.29 is 8.42 Å². The van der Waals surface area contributed by atoms with Crippen molar-refractivity contribution in [1.29, 1.82) is 0 Å². The largest absolute Gasteiger partial charge is 0.399 e. The molecular formula is C13H14ClN3O2S. The monoisotopic (exact) mass is 311 g/mol. The van der Waals surface area contributed by atoms with Crippen LogP contribution in [-0.4, -0.2) is 13.4 Å². The van der Waals surface area contributed by atoms with Crippen LogP contribution in [0.1, 0.15) is 11.1 Å². The third-order valence-electron chi connectivity index (χ3n) is 2.83. The van der Waals surface area contributed by atoms with E-state index in [1.807, 2.05) is 6.92 Å². The number of hydrogen-bond donors (Lipinski definition) is 2. The van der Waals surface area contributed by atoms with Crippen molar-refractivity contribution in [2.24, 2.45) is 0 Å². The summed E-state index contributed by atoms with van der Waals surface area (Å²) >= 11 is 5.91. The molecule has 1 aromatic heterocycles. The van der Waals surface area contributed by atoms with Gasteiger partial charge in [0.15, 0.2) is 0 Å². The summed E-state index contributed by atoms with van der Waals surface area (Å²) in [5, 5.41) is 0.137. The summed E-state index contributed by atoms with van der Waals surface area (Å²) in [4.78, 5) is 3.94. The van der Waals surface area contributed by atoms with Gasteiger partial charge >= 0.3 is 0 Å². The number of nitrogen functional groups attached to an aromatic ring is 1. The average Bonchev–Trinajstić information content (AvgIpc) is 2.40. The van der Waals surface area contributed by atoms with Gasteiger partial charge < -0.3 is 5.73 Å². The van der Waals surface area contributed by atoms with Crippen molar-refractivity contribution in [2.75, 3.05) is 5.73 Å². The highest BCUT2D eigenvalue weighted by atomic mass is 35.5. The van der Waals surface area contributed by atoms with E-state index in [4.69, 9.17) is 17.3 Å². The molecule has 5 nitrogen and oxygen atoms in total. The molecule has 20 heavy (non-hydrogen) atoms. The molecule has 0 spiro atoms. The molecule has 0 aliphatic heterocycles. The number of halogens is 1. The van der Waals surface area contributed by atoms with Gasteiger partial charge in [-0.25, -0.2) is 13.1 Å². The molecule has 0 fully saturated rings. The molecule has 0 radical (unpaired) electrons. The van der Waals surface area contributed by atoms with Crippen LogP contribution in [-0.2, 0) is 16.6 Å². The Hall–Kier alpha value is -1.63. The molecule has 0 atom stereocenters. The van der Waals surface area contributed by atoms with E-state index in [1.165, 1.54) is 12.1 Å². The second kappa shape index (κ2) is 5.78. The second-order valence-corrected chi connectivity index (χ2v) is 6.46. The second-order valence-electron chi connectivity index (χ2n) is 4.32. The first kappa shape index (κ1) is 14.8. The molecule has 0 unspecified atom stereocenters. The summed E-state index contributed by atoms with van der Waals surface area (Å²) in [7, 11) is -3.71. The Balaban J connectivity index is 2.24. The van der Waals surface area contributed by atoms with Gasteiger partial charge in [0.1, 0.15) is 4.90 Å². The predicted molar refractivity (Wildman–Crippen MR) is 78.9 cm³/mol. The fraction of sp³-hybridized carbons (Fsp3) is 0.154. The van der Waals surface area contributed by atoms with Crippen LogP contribution in [0.3, 0.4) is 0 Å². The van der Waals surface area contributed by atoms with Gasteiger partial charge in [0, 0.05) is 24.6 Å². The number of nitrogens with one attached hydrogen (secondary N) is 1. The van der Waals surface area contributed by atoms with E-state index in [-0.39, 0.29) is 16.5 Å². The Bertz CT molecular complexity index is 732. The van der Waals surface area contributed by atoms with Crippen LogP contribution in [0, 0.1) is 6.92 Å². The number of hydrogen-bond acceptors (Lipinski definition) is 4. The lowest BCUT2D eigenvalue weighted by molar-refractivity contribution is 0.581. The van der Waals surface area contributed by atoms with Crippen molar-refractivity contribution in [3.63, 3.8) is 0 Å². The lowest BCUT2D eigenvalue weighted by Gasteiger charge is -2.10. The number of benzene rings is 1. The van der Waals surface area contributed by atoms with E-state index < -0.39 is 10.0 Å². The van der Waals surface area contributed by atoms with Crippen LogP contribution in [0.15, 0.2) is 41.6 Å². The number of rotatable bonds is 4. The third kappa shape index (κ3) is 3.27. The first-order valence-electron chi connectivity index (χ1n) is 5.84. The SMILES string of the molecule is Cc1cnccc1CNS(=O)(=O)c1cc(N)ccc1Cl. The van der Waals surface area contributed by atoms with Crippen LogP contribution in [0.2, 0.25) is 5.02 Å². The topological polar surface area (TPSA) is 85.1 Å². The highest BCUT2D eigenvalue weighted by Crippen LogP contribution is 2.23. The molecule has 0 bridgehead atoms. The average molecular weight is 312 g/mol. The molecule has 106 valence electrons. The lowest BCUT2D eigenvalue weighted by atomic mass is 10.2. The maximum Gasteiger partial charge on any atom is 0.242 e. The molecule has 0 aliphatic carbocycles.